The van der Waals surface area contributed by atoms with E-state index in [9.17, 15) is 0 Å². The molecule has 6 rings (SSSR count). The minimum Gasteiger partial charge on any atom is -0.489 e. The second-order valence-electron chi connectivity index (χ2n) is 8.96. The van der Waals surface area contributed by atoms with Crippen molar-refractivity contribution >= 4 is 44.0 Å². The van der Waals surface area contributed by atoms with Gasteiger partial charge in [-0.3, -0.25) is 4.68 Å². The Morgan fingerprint density at radius 2 is 1.94 bits per heavy atom. The zero-order valence-corrected chi connectivity index (χ0v) is 20.1. The zero-order chi connectivity index (χ0) is 23.2. The van der Waals surface area contributed by atoms with Crippen molar-refractivity contribution in [2.75, 3.05) is 25.5 Å². The van der Waals surface area contributed by atoms with Crippen molar-refractivity contribution in [3.8, 4) is 16.9 Å². The number of nitrogens with one attached hydrogen (secondary N) is 1. The van der Waals surface area contributed by atoms with E-state index in [1.165, 1.54) is 0 Å². The van der Waals surface area contributed by atoms with Crippen LogP contribution in [0.3, 0.4) is 0 Å². The normalized spacial score (nSPS) is 15.5. The molecule has 0 spiro atoms. The second-order valence-corrected chi connectivity index (χ2v) is 9.84. The molecule has 8 nitrogen and oxygen atoms in total. The summed E-state index contributed by atoms with van der Waals surface area (Å²) in [7, 11) is 4.05. The summed E-state index contributed by atoms with van der Waals surface area (Å²) in [4.78, 5) is 15.9. The van der Waals surface area contributed by atoms with E-state index in [-0.39, 0.29) is 6.10 Å². The van der Waals surface area contributed by atoms with E-state index < -0.39 is 0 Å². The predicted octanol–water partition coefficient (Wildman–Crippen LogP) is 4.71. The largest absolute Gasteiger partial charge is 0.489 e. The standard InChI is InChI=1S/C25H25N7OS/c1-15(18-10-31(2)11-18)33-22-7-16(17-9-29-32(3)12-17)6-21-24(22)25(27-13-26-21)30-19-4-5-20-23(8-19)34-14-28-20/h4-9,12-15,18H,10-11H2,1-3H3,(H,26,27,30)/t15-/m0/s1. The Morgan fingerprint density at radius 1 is 1.06 bits per heavy atom. The molecule has 1 aliphatic rings. The highest BCUT2D eigenvalue weighted by Crippen LogP contribution is 2.38. The molecule has 0 bridgehead atoms. The van der Waals surface area contributed by atoms with Gasteiger partial charge in [0.05, 0.1) is 32.8 Å². The van der Waals surface area contributed by atoms with Gasteiger partial charge < -0.3 is 15.0 Å². The van der Waals surface area contributed by atoms with Gasteiger partial charge in [-0.2, -0.15) is 5.10 Å². The van der Waals surface area contributed by atoms with Gasteiger partial charge in [-0.1, -0.05) is 0 Å². The lowest BCUT2D eigenvalue weighted by molar-refractivity contribution is 0.0358. The van der Waals surface area contributed by atoms with Gasteiger partial charge in [-0.05, 0) is 49.9 Å². The molecule has 34 heavy (non-hydrogen) atoms. The fourth-order valence-corrected chi connectivity index (χ4v) is 5.21. The Kier molecular flexibility index (Phi) is 5.15. The highest BCUT2D eigenvalue weighted by molar-refractivity contribution is 7.16. The van der Waals surface area contributed by atoms with E-state index in [2.05, 4.69) is 62.4 Å². The summed E-state index contributed by atoms with van der Waals surface area (Å²) < 4.78 is 9.53. The first-order chi connectivity index (χ1) is 16.5. The van der Waals surface area contributed by atoms with E-state index >= 15 is 0 Å². The van der Waals surface area contributed by atoms with Crippen molar-refractivity contribution < 1.29 is 4.74 Å². The quantitative estimate of drug-likeness (QED) is 0.384. The predicted molar refractivity (Wildman–Crippen MR) is 136 cm³/mol. The lowest BCUT2D eigenvalue weighted by Gasteiger charge is -2.39. The topological polar surface area (TPSA) is 81.0 Å². The first-order valence-corrected chi connectivity index (χ1v) is 12.1. The summed E-state index contributed by atoms with van der Waals surface area (Å²) in [5.41, 5.74) is 6.67. The number of aryl methyl sites for hydroxylation is 1. The summed E-state index contributed by atoms with van der Waals surface area (Å²) in [6, 6.07) is 10.3. The minimum absolute atomic E-state index is 0.0742. The molecule has 0 radical (unpaired) electrons. The minimum atomic E-state index is 0.0742. The lowest BCUT2D eigenvalue weighted by atomic mass is 9.95. The first-order valence-electron chi connectivity index (χ1n) is 11.3. The summed E-state index contributed by atoms with van der Waals surface area (Å²) in [5, 5.41) is 8.70. The molecule has 0 amide bonds. The van der Waals surface area contributed by atoms with Crippen LogP contribution in [0.4, 0.5) is 11.5 Å². The molecule has 5 aromatic rings. The van der Waals surface area contributed by atoms with E-state index in [4.69, 9.17) is 4.74 Å². The molecular formula is C25H25N7OS. The van der Waals surface area contributed by atoms with Crippen molar-refractivity contribution in [1.82, 2.24) is 29.6 Å². The van der Waals surface area contributed by atoms with Crippen molar-refractivity contribution in [3.63, 3.8) is 0 Å². The molecule has 1 fully saturated rings. The summed E-state index contributed by atoms with van der Waals surface area (Å²) in [6.07, 6.45) is 5.53. The van der Waals surface area contributed by atoms with Crippen molar-refractivity contribution in [3.05, 3.63) is 54.6 Å². The molecule has 1 aliphatic heterocycles. The number of hydrogen-bond donors (Lipinski definition) is 1. The summed E-state index contributed by atoms with van der Waals surface area (Å²) >= 11 is 1.62. The molecule has 9 heteroatoms. The lowest BCUT2D eigenvalue weighted by Crippen LogP contribution is -2.50. The monoisotopic (exact) mass is 471 g/mol. The van der Waals surface area contributed by atoms with Crippen LogP contribution in [0.2, 0.25) is 0 Å². The van der Waals surface area contributed by atoms with Gasteiger partial charge in [0.1, 0.15) is 24.0 Å². The van der Waals surface area contributed by atoms with Gasteiger partial charge in [0.25, 0.3) is 0 Å². The number of benzene rings is 2. The SMILES string of the molecule is C[C@H](Oc1cc(-c2cnn(C)c2)cc2ncnc(Nc3ccc4ncsc4c3)c12)C1CN(C)C1. The van der Waals surface area contributed by atoms with Crippen LogP contribution in [0.25, 0.3) is 32.2 Å². The van der Waals surface area contributed by atoms with Gasteiger partial charge in [-0.15, -0.1) is 11.3 Å². The number of aromatic nitrogens is 5. The van der Waals surface area contributed by atoms with Crippen LogP contribution in [0, 0.1) is 5.92 Å². The fraction of sp³-hybridized carbons (Fsp3) is 0.280. The van der Waals surface area contributed by atoms with E-state index in [1.54, 1.807) is 22.3 Å². The molecular weight excluding hydrogens is 446 g/mol. The second kappa shape index (κ2) is 8.34. The van der Waals surface area contributed by atoms with Gasteiger partial charge in [-0.25, -0.2) is 15.0 Å². The van der Waals surface area contributed by atoms with Gasteiger partial charge in [0.2, 0.25) is 0 Å². The number of hydrogen-bond acceptors (Lipinski definition) is 8. The third kappa shape index (κ3) is 3.86. The smallest absolute Gasteiger partial charge is 0.145 e. The molecule has 0 aliphatic carbocycles. The van der Waals surface area contributed by atoms with Crippen LogP contribution in [0.15, 0.2) is 54.6 Å². The van der Waals surface area contributed by atoms with Crippen LogP contribution in [0.1, 0.15) is 6.92 Å². The van der Waals surface area contributed by atoms with Gasteiger partial charge in [0.15, 0.2) is 0 Å². The maximum Gasteiger partial charge on any atom is 0.145 e. The molecule has 1 saturated heterocycles. The van der Waals surface area contributed by atoms with E-state index in [0.29, 0.717) is 5.92 Å². The zero-order valence-electron chi connectivity index (χ0n) is 19.3. The van der Waals surface area contributed by atoms with Crippen LogP contribution < -0.4 is 10.1 Å². The molecule has 2 aromatic carbocycles. The third-order valence-electron chi connectivity index (χ3n) is 6.40. The number of likely N-dealkylation sites (tertiary alicyclic amines) is 1. The maximum absolute atomic E-state index is 6.60. The number of anilines is 2. The van der Waals surface area contributed by atoms with Crippen molar-refractivity contribution in [1.29, 1.82) is 0 Å². The summed E-state index contributed by atoms with van der Waals surface area (Å²) in [5.74, 6) is 2.00. The van der Waals surface area contributed by atoms with Crippen LogP contribution >= 0.6 is 11.3 Å². The average Bonchev–Trinajstić information content (AvgIpc) is 3.45. The maximum atomic E-state index is 6.60. The highest BCUT2D eigenvalue weighted by Gasteiger charge is 2.30. The Bertz CT molecular complexity index is 1490. The Labute approximate surface area is 201 Å². The van der Waals surface area contributed by atoms with Crippen LogP contribution in [-0.2, 0) is 7.05 Å². The number of fused-ring (bicyclic) bond motifs is 2. The number of nitrogens with zero attached hydrogens (tertiary/aromatic N) is 6. The number of rotatable bonds is 6. The van der Waals surface area contributed by atoms with Gasteiger partial charge in [0, 0.05) is 43.5 Å². The Morgan fingerprint density at radius 3 is 2.74 bits per heavy atom. The number of ether oxygens (including phenoxy) is 1. The fourth-order valence-electron chi connectivity index (χ4n) is 4.49. The number of thiazole rings is 1. The highest BCUT2D eigenvalue weighted by atomic mass is 32.1. The molecule has 1 atom stereocenters. The molecule has 4 heterocycles. The van der Waals surface area contributed by atoms with E-state index in [1.807, 2.05) is 37.1 Å². The van der Waals surface area contributed by atoms with Crippen molar-refractivity contribution in [2.45, 2.75) is 13.0 Å². The van der Waals surface area contributed by atoms with Crippen molar-refractivity contribution in [2.24, 2.45) is 13.0 Å². The van der Waals surface area contributed by atoms with Crippen LogP contribution in [0.5, 0.6) is 5.75 Å². The summed E-state index contributed by atoms with van der Waals surface area (Å²) in [6.45, 7) is 4.23. The molecule has 1 N–H and O–H groups in total. The van der Waals surface area contributed by atoms with Gasteiger partial charge >= 0.3 is 0 Å². The molecule has 0 unspecified atom stereocenters. The average molecular weight is 472 g/mol. The molecule has 3 aromatic heterocycles. The first kappa shape index (κ1) is 21.0. The Balaban J connectivity index is 1.44. The molecule has 172 valence electrons. The van der Waals surface area contributed by atoms with Crippen LogP contribution in [-0.4, -0.2) is 55.9 Å². The molecule has 0 saturated carbocycles. The van der Waals surface area contributed by atoms with E-state index in [0.717, 1.165) is 62.6 Å². The third-order valence-corrected chi connectivity index (χ3v) is 7.19. The Hall–Kier alpha value is -3.56.